The van der Waals surface area contributed by atoms with E-state index in [1.165, 1.54) is 18.0 Å². The zero-order chi connectivity index (χ0) is 34.8. The maximum Gasteiger partial charge on any atom is 1.00 e. The van der Waals surface area contributed by atoms with Crippen LogP contribution in [-0.2, 0) is 30.5 Å². The number of anilines is 1. The van der Waals surface area contributed by atoms with Gasteiger partial charge in [0.25, 0.3) is 11.8 Å². The number of carboxylic acids is 1. The second kappa shape index (κ2) is 15.7. The number of hydrogen-bond acceptors (Lipinski definition) is 10. The second-order valence-corrected chi connectivity index (χ2v) is 12.6. The van der Waals surface area contributed by atoms with Gasteiger partial charge < -0.3 is 35.7 Å². The summed E-state index contributed by atoms with van der Waals surface area (Å²) in [6.07, 6.45) is 2.07. The van der Waals surface area contributed by atoms with Crippen LogP contribution >= 0.6 is 11.8 Å². The van der Waals surface area contributed by atoms with Crippen molar-refractivity contribution in [3.05, 3.63) is 81.5 Å². The third kappa shape index (κ3) is 7.24. The molecule has 1 unspecified atom stereocenters. The van der Waals surface area contributed by atoms with Gasteiger partial charge in [0.1, 0.15) is 40.8 Å². The van der Waals surface area contributed by atoms with Crippen LogP contribution in [0, 0.1) is 5.82 Å². The SMILES string of the molecule is CCn1cc(C(=O)OCC2=C(C(=O)O)N3C(=O)C(NC(=O)COc4ccccc4)[C@H]3SC2)c(=O)c2cc(F)c(N3CCN(C=O)CC3)cc21.[H-].[Na+]. The van der Waals surface area contributed by atoms with Gasteiger partial charge >= 0.3 is 41.5 Å². The average Bonchev–Trinajstić information content (AvgIpc) is 3.12. The first-order valence-electron chi connectivity index (χ1n) is 15.5. The number of hydrogen-bond donors (Lipinski definition) is 2. The van der Waals surface area contributed by atoms with E-state index in [1.54, 1.807) is 57.7 Å². The van der Waals surface area contributed by atoms with E-state index in [-0.39, 0.29) is 71.3 Å². The standard InChI is InChI=1S/C33H32FN5O9S.Na.H/c1-2-37-14-22(29(42)21-12-23(34)25(13-24(21)37)38-10-8-36(18-40)9-11-38)33(46)48-15-19-17-49-31-27(30(43)39(31)28(19)32(44)45)35-26(41)16-47-20-6-4-3-5-7-20;;/h3-7,12-14,18,27,31H,2,8-11,15-17H2,1H3,(H,35,41)(H,44,45);;/q;+1;-1/t27?,31-;;/m1../s1. The van der Waals surface area contributed by atoms with Gasteiger partial charge in [0.15, 0.2) is 6.61 Å². The monoisotopic (exact) mass is 717 g/mol. The normalized spacial score (nSPS) is 18.5. The van der Waals surface area contributed by atoms with E-state index in [0.717, 1.165) is 17.4 Å². The molecule has 0 aliphatic carbocycles. The number of aryl methyl sites for hydroxylation is 1. The number of para-hydroxylation sites is 1. The van der Waals surface area contributed by atoms with Crippen LogP contribution in [0.15, 0.2) is 64.7 Å². The number of carbonyl (C=O) groups excluding carboxylic acids is 4. The van der Waals surface area contributed by atoms with E-state index >= 15 is 4.39 Å². The molecule has 0 saturated carbocycles. The quantitative estimate of drug-likeness (QED) is 0.103. The zero-order valence-corrected chi connectivity index (χ0v) is 30.1. The van der Waals surface area contributed by atoms with Gasteiger partial charge in [-0.25, -0.2) is 14.0 Å². The Morgan fingerprint density at radius 1 is 1.12 bits per heavy atom. The molecule has 4 heterocycles. The van der Waals surface area contributed by atoms with Gasteiger partial charge in [0.05, 0.1) is 11.2 Å². The number of ether oxygens (including phenoxy) is 2. The number of fused-ring (bicyclic) bond motifs is 2. The molecule has 2 saturated heterocycles. The minimum Gasteiger partial charge on any atom is -1.00 e. The fourth-order valence-electron chi connectivity index (χ4n) is 6.02. The van der Waals surface area contributed by atoms with E-state index in [9.17, 15) is 33.9 Å². The molecular formula is C33H33FN5NaO9S. The molecule has 0 spiro atoms. The van der Waals surface area contributed by atoms with E-state index in [1.807, 2.05) is 0 Å². The molecule has 3 aromatic rings. The van der Waals surface area contributed by atoms with E-state index in [4.69, 9.17) is 9.47 Å². The van der Waals surface area contributed by atoms with Gasteiger partial charge in [-0.1, -0.05) is 18.2 Å². The number of carboxylic acid groups (broad SMARTS) is 1. The summed E-state index contributed by atoms with van der Waals surface area (Å²) in [5.74, 6) is -3.75. The fourth-order valence-corrected chi connectivity index (χ4v) is 7.35. The van der Waals surface area contributed by atoms with Crippen LogP contribution in [0.25, 0.3) is 10.9 Å². The summed E-state index contributed by atoms with van der Waals surface area (Å²) in [5, 5.41) is 11.9. The number of thioether (sulfide) groups is 1. The van der Waals surface area contributed by atoms with Crippen molar-refractivity contribution in [1.82, 2.24) is 19.7 Å². The number of benzene rings is 2. The second-order valence-electron chi connectivity index (χ2n) is 11.5. The molecule has 3 aliphatic heterocycles. The minimum atomic E-state index is -1.42. The van der Waals surface area contributed by atoms with Crippen LogP contribution in [-0.4, -0.2) is 106 Å². The third-order valence-electron chi connectivity index (χ3n) is 8.57. The van der Waals surface area contributed by atoms with Gasteiger partial charge in [-0.2, -0.15) is 0 Å². The van der Waals surface area contributed by atoms with E-state index in [0.29, 0.717) is 44.0 Å². The molecule has 17 heteroatoms. The number of piperazine rings is 1. The molecule has 2 fully saturated rings. The first-order chi connectivity index (χ1) is 23.6. The predicted octanol–water partition coefficient (Wildman–Crippen LogP) is -1.47. The summed E-state index contributed by atoms with van der Waals surface area (Å²) in [6.45, 7) is 2.96. The Hall–Kier alpha value is -4.38. The number of pyridine rings is 1. The molecule has 2 aromatic carbocycles. The number of aromatic nitrogens is 1. The summed E-state index contributed by atoms with van der Waals surface area (Å²) < 4.78 is 27.8. The minimum absolute atomic E-state index is 0. The third-order valence-corrected chi connectivity index (χ3v) is 9.91. The number of nitrogens with one attached hydrogen (secondary N) is 1. The number of nitrogens with zero attached hydrogens (tertiary/aromatic N) is 4. The molecule has 1 aromatic heterocycles. The van der Waals surface area contributed by atoms with Crippen molar-refractivity contribution < 1.29 is 73.9 Å². The van der Waals surface area contributed by atoms with Crippen molar-refractivity contribution in [2.75, 3.05) is 50.0 Å². The van der Waals surface area contributed by atoms with Crippen LogP contribution in [0.2, 0.25) is 0 Å². The van der Waals surface area contributed by atoms with E-state index in [2.05, 4.69) is 5.32 Å². The molecule has 0 bridgehead atoms. The number of aliphatic carboxylic acids is 1. The van der Waals surface area contributed by atoms with Gasteiger partial charge in [-0.3, -0.25) is 24.1 Å². The zero-order valence-electron chi connectivity index (χ0n) is 28.3. The Balaban J connectivity index is 0.00000292. The average molecular weight is 718 g/mol. The Kier molecular flexibility index (Phi) is 11.6. The number of carbonyl (C=O) groups is 5. The maximum atomic E-state index is 15.3. The number of amides is 3. The predicted molar refractivity (Wildman–Crippen MR) is 177 cm³/mol. The van der Waals surface area contributed by atoms with Gasteiger partial charge in [0.2, 0.25) is 11.8 Å². The molecule has 258 valence electrons. The topological polar surface area (TPSA) is 168 Å². The molecule has 3 aliphatic rings. The van der Waals surface area contributed by atoms with Crippen LogP contribution in [0.1, 0.15) is 18.7 Å². The van der Waals surface area contributed by atoms with Crippen molar-refractivity contribution in [1.29, 1.82) is 0 Å². The summed E-state index contributed by atoms with van der Waals surface area (Å²) in [6, 6.07) is 10.3. The summed E-state index contributed by atoms with van der Waals surface area (Å²) >= 11 is 1.19. The molecular weight excluding hydrogens is 684 g/mol. The van der Waals surface area contributed by atoms with Crippen molar-refractivity contribution in [3.63, 3.8) is 0 Å². The summed E-state index contributed by atoms with van der Waals surface area (Å²) in [4.78, 5) is 79.9. The van der Waals surface area contributed by atoms with Crippen molar-refractivity contribution in [2.45, 2.75) is 24.9 Å². The van der Waals surface area contributed by atoms with Crippen molar-refractivity contribution >= 4 is 58.5 Å². The van der Waals surface area contributed by atoms with Gasteiger partial charge in [-0.05, 0) is 31.2 Å². The Bertz CT molecular complexity index is 1940. The van der Waals surface area contributed by atoms with Crippen LogP contribution < -0.4 is 49.9 Å². The first kappa shape index (κ1) is 36.9. The molecule has 2 N–H and O–H groups in total. The van der Waals surface area contributed by atoms with Gasteiger partial charge in [-0.15, -0.1) is 11.8 Å². The molecule has 6 rings (SSSR count). The summed E-state index contributed by atoms with van der Waals surface area (Å²) in [5.41, 5.74) is -0.651. The fraction of sp³-hybridized carbons (Fsp3) is 0.333. The number of halogens is 1. The number of esters is 1. The number of rotatable bonds is 11. The number of β-lactam (4-membered cyclic amide) rings is 1. The Labute approximate surface area is 312 Å². The van der Waals surface area contributed by atoms with Gasteiger partial charge in [0, 0.05) is 55.6 Å². The van der Waals surface area contributed by atoms with Crippen LogP contribution in [0.5, 0.6) is 5.75 Å². The molecule has 0 radical (unpaired) electrons. The Morgan fingerprint density at radius 2 is 1.84 bits per heavy atom. The smallest absolute Gasteiger partial charge is 1.00 e. The molecule has 2 atom stereocenters. The Morgan fingerprint density at radius 3 is 2.50 bits per heavy atom. The molecule has 50 heavy (non-hydrogen) atoms. The van der Waals surface area contributed by atoms with E-state index < -0.39 is 53.0 Å². The maximum absolute atomic E-state index is 15.3. The van der Waals surface area contributed by atoms with Crippen molar-refractivity contribution in [3.8, 4) is 5.75 Å². The van der Waals surface area contributed by atoms with Crippen LogP contribution in [0.4, 0.5) is 10.1 Å². The van der Waals surface area contributed by atoms with Crippen molar-refractivity contribution in [2.24, 2.45) is 0 Å². The summed E-state index contributed by atoms with van der Waals surface area (Å²) in [7, 11) is 0. The largest absolute Gasteiger partial charge is 1.00 e. The molecule has 14 nitrogen and oxygen atoms in total. The first-order valence-corrected chi connectivity index (χ1v) is 16.5. The van der Waals surface area contributed by atoms with Crippen LogP contribution in [0.3, 0.4) is 0 Å². The molecule has 3 amide bonds.